The van der Waals surface area contributed by atoms with Crippen LogP contribution in [0.2, 0.25) is 10.0 Å². The second-order valence-corrected chi connectivity index (χ2v) is 6.04. The number of amides is 2. The number of aryl methyl sites for hydroxylation is 2. The first-order valence-corrected chi connectivity index (χ1v) is 7.73. The van der Waals surface area contributed by atoms with Crippen molar-refractivity contribution in [2.45, 2.75) is 20.3 Å². The second kappa shape index (κ2) is 7.49. The normalized spacial score (nSPS) is 10.3. The summed E-state index contributed by atoms with van der Waals surface area (Å²) >= 11 is 11.9. The summed E-state index contributed by atoms with van der Waals surface area (Å²) < 4.78 is 0. The van der Waals surface area contributed by atoms with E-state index in [2.05, 4.69) is 10.6 Å². The van der Waals surface area contributed by atoms with Crippen LogP contribution in [0.15, 0.2) is 36.4 Å². The van der Waals surface area contributed by atoms with Crippen molar-refractivity contribution in [2.75, 3.05) is 10.6 Å². The molecule has 0 bridgehead atoms. The summed E-state index contributed by atoms with van der Waals surface area (Å²) in [5, 5.41) is 6.49. The summed E-state index contributed by atoms with van der Waals surface area (Å²) in [6, 6.07) is 10.3. The fourth-order valence-electron chi connectivity index (χ4n) is 1.98. The first kappa shape index (κ1) is 17.3. The van der Waals surface area contributed by atoms with Crippen molar-refractivity contribution in [1.82, 2.24) is 0 Å². The SMILES string of the molecule is Cc1ccc(NC(=O)CC(=O)Nc2ccc(Cl)cc2C)cc1Cl. The van der Waals surface area contributed by atoms with Crippen LogP contribution in [0.3, 0.4) is 0 Å². The van der Waals surface area contributed by atoms with Crippen LogP contribution >= 0.6 is 23.2 Å². The molecule has 0 aliphatic heterocycles. The Morgan fingerprint density at radius 2 is 1.61 bits per heavy atom. The zero-order valence-corrected chi connectivity index (χ0v) is 14.3. The van der Waals surface area contributed by atoms with E-state index in [1.807, 2.05) is 13.8 Å². The minimum atomic E-state index is -0.408. The largest absolute Gasteiger partial charge is 0.326 e. The summed E-state index contributed by atoms with van der Waals surface area (Å²) in [4.78, 5) is 23.9. The molecule has 6 heteroatoms. The van der Waals surface area contributed by atoms with Gasteiger partial charge in [-0.05, 0) is 55.3 Å². The van der Waals surface area contributed by atoms with E-state index >= 15 is 0 Å². The summed E-state index contributed by atoms with van der Waals surface area (Å²) in [5.74, 6) is -0.805. The molecule has 2 aromatic rings. The van der Waals surface area contributed by atoms with Crippen molar-refractivity contribution in [3.63, 3.8) is 0 Å². The average Bonchev–Trinajstić information content (AvgIpc) is 2.46. The van der Waals surface area contributed by atoms with Gasteiger partial charge in [-0.25, -0.2) is 0 Å². The van der Waals surface area contributed by atoms with Gasteiger partial charge in [0.15, 0.2) is 0 Å². The number of nitrogens with one attached hydrogen (secondary N) is 2. The molecule has 0 aliphatic rings. The Balaban J connectivity index is 1.94. The number of benzene rings is 2. The summed E-state index contributed by atoms with van der Waals surface area (Å²) in [7, 11) is 0. The van der Waals surface area contributed by atoms with Crippen LogP contribution in [-0.4, -0.2) is 11.8 Å². The van der Waals surface area contributed by atoms with Gasteiger partial charge in [0, 0.05) is 21.4 Å². The molecule has 2 N–H and O–H groups in total. The maximum absolute atomic E-state index is 11.9. The Kier molecular flexibility index (Phi) is 5.64. The Morgan fingerprint density at radius 1 is 0.913 bits per heavy atom. The molecule has 120 valence electrons. The zero-order valence-electron chi connectivity index (χ0n) is 12.7. The fraction of sp³-hybridized carbons (Fsp3) is 0.176. The Labute approximate surface area is 144 Å². The predicted octanol–water partition coefficient (Wildman–Crippen LogP) is 4.58. The van der Waals surface area contributed by atoms with E-state index in [4.69, 9.17) is 23.2 Å². The third kappa shape index (κ3) is 4.98. The standard InChI is InChI=1S/C17H16Cl2N2O2/c1-10-3-5-13(8-14(10)19)20-16(22)9-17(23)21-15-6-4-12(18)7-11(15)2/h3-8H,9H2,1-2H3,(H,20,22)(H,21,23). The lowest BCUT2D eigenvalue weighted by Crippen LogP contribution is -2.21. The Bertz CT molecular complexity index is 760. The summed E-state index contributed by atoms with van der Waals surface area (Å²) in [6.45, 7) is 3.70. The highest BCUT2D eigenvalue weighted by Gasteiger charge is 2.11. The van der Waals surface area contributed by atoms with E-state index in [0.29, 0.717) is 21.4 Å². The number of halogens is 2. The third-order valence-electron chi connectivity index (χ3n) is 3.24. The first-order valence-electron chi connectivity index (χ1n) is 6.97. The van der Waals surface area contributed by atoms with Gasteiger partial charge in [0.1, 0.15) is 6.42 Å². The number of hydrogen-bond acceptors (Lipinski definition) is 2. The lowest BCUT2D eigenvalue weighted by atomic mass is 10.2. The molecule has 2 rings (SSSR count). The van der Waals surface area contributed by atoms with Crippen LogP contribution in [-0.2, 0) is 9.59 Å². The quantitative estimate of drug-likeness (QED) is 0.793. The topological polar surface area (TPSA) is 58.2 Å². The molecule has 2 aromatic carbocycles. The molecule has 0 unspecified atom stereocenters. The molecule has 0 heterocycles. The number of carbonyl (C=O) groups excluding carboxylic acids is 2. The molecular weight excluding hydrogens is 335 g/mol. The molecule has 0 aromatic heterocycles. The molecule has 0 atom stereocenters. The molecule has 4 nitrogen and oxygen atoms in total. The Morgan fingerprint density at radius 3 is 2.26 bits per heavy atom. The predicted molar refractivity (Wildman–Crippen MR) is 94.3 cm³/mol. The zero-order chi connectivity index (χ0) is 17.0. The van der Waals surface area contributed by atoms with Gasteiger partial charge >= 0.3 is 0 Å². The minimum Gasteiger partial charge on any atom is -0.326 e. The molecule has 0 saturated carbocycles. The van der Waals surface area contributed by atoms with E-state index in [0.717, 1.165) is 11.1 Å². The number of hydrogen-bond donors (Lipinski definition) is 2. The maximum atomic E-state index is 11.9. The van der Waals surface area contributed by atoms with Gasteiger partial charge in [-0.3, -0.25) is 9.59 Å². The van der Waals surface area contributed by atoms with Crippen molar-refractivity contribution in [3.05, 3.63) is 57.6 Å². The van der Waals surface area contributed by atoms with Gasteiger partial charge in [0.2, 0.25) is 11.8 Å². The molecule has 0 fully saturated rings. The molecule has 0 radical (unpaired) electrons. The van der Waals surface area contributed by atoms with E-state index in [-0.39, 0.29) is 6.42 Å². The third-order valence-corrected chi connectivity index (χ3v) is 3.88. The van der Waals surface area contributed by atoms with Crippen molar-refractivity contribution < 1.29 is 9.59 Å². The van der Waals surface area contributed by atoms with Crippen LogP contribution in [0.4, 0.5) is 11.4 Å². The van der Waals surface area contributed by atoms with Crippen molar-refractivity contribution >= 4 is 46.4 Å². The lowest BCUT2D eigenvalue weighted by Gasteiger charge is -2.09. The lowest BCUT2D eigenvalue weighted by molar-refractivity contribution is -0.123. The second-order valence-electron chi connectivity index (χ2n) is 5.20. The highest BCUT2D eigenvalue weighted by atomic mass is 35.5. The Hall–Kier alpha value is -2.04. The molecular formula is C17H16Cl2N2O2. The minimum absolute atomic E-state index is 0.284. The van der Waals surface area contributed by atoms with Gasteiger partial charge < -0.3 is 10.6 Å². The molecule has 0 saturated heterocycles. The summed E-state index contributed by atoms with van der Waals surface area (Å²) in [6.07, 6.45) is -0.284. The average molecular weight is 351 g/mol. The highest BCUT2D eigenvalue weighted by molar-refractivity contribution is 6.31. The van der Waals surface area contributed by atoms with Crippen LogP contribution < -0.4 is 10.6 Å². The van der Waals surface area contributed by atoms with Gasteiger partial charge in [-0.1, -0.05) is 29.3 Å². The van der Waals surface area contributed by atoms with Gasteiger partial charge in [0.25, 0.3) is 0 Å². The van der Waals surface area contributed by atoms with Crippen LogP contribution in [0.25, 0.3) is 0 Å². The van der Waals surface area contributed by atoms with Crippen LogP contribution in [0.1, 0.15) is 17.5 Å². The molecule has 0 spiro atoms. The van der Waals surface area contributed by atoms with Crippen molar-refractivity contribution in [1.29, 1.82) is 0 Å². The van der Waals surface area contributed by atoms with E-state index in [1.165, 1.54) is 0 Å². The van der Waals surface area contributed by atoms with Gasteiger partial charge in [-0.2, -0.15) is 0 Å². The fourth-order valence-corrected chi connectivity index (χ4v) is 2.39. The van der Waals surface area contributed by atoms with Crippen molar-refractivity contribution in [3.8, 4) is 0 Å². The smallest absolute Gasteiger partial charge is 0.233 e. The monoisotopic (exact) mass is 350 g/mol. The van der Waals surface area contributed by atoms with Gasteiger partial charge in [-0.15, -0.1) is 0 Å². The number of anilines is 2. The molecule has 0 aliphatic carbocycles. The van der Waals surface area contributed by atoms with Crippen LogP contribution in [0.5, 0.6) is 0 Å². The highest BCUT2D eigenvalue weighted by Crippen LogP contribution is 2.21. The number of carbonyl (C=O) groups is 2. The first-order chi connectivity index (χ1) is 10.8. The molecule has 2 amide bonds. The molecule has 23 heavy (non-hydrogen) atoms. The van der Waals surface area contributed by atoms with E-state index < -0.39 is 11.8 Å². The van der Waals surface area contributed by atoms with E-state index in [9.17, 15) is 9.59 Å². The van der Waals surface area contributed by atoms with Crippen LogP contribution in [0, 0.1) is 13.8 Å². The van der Waals surface area contributed by atoms with Crippen molar-refractivity contribution in [2.24, 2.45) is 0 Å². The maximum Gasteiger partial charge on any atom is 0.233 e. The summed E-state index contributed by atoms with van der Waals surface area (Å²) in [5.41, 5.74) is 2.93. The van der Waals surface area contributed by atoms with E-state index in [1.54, 1.807) is 36.4 Å². The van der Waals surface area contributed by atoms with Gasteiger partial charge in [0.05, 0.1) is 0 Å². The number of rotatable bonds is 4.